The van der Waals surface area contributed by atoms with Crippen molar-refractivity contribution >= 4 is 33.2 Å². The molecule has 10 heteroatoms. The van der Waals surface area contributed by atoms with Crippen molar-refractivity contribution in [3.05, 3.63) is 72.2 Å². The Hall–Kier alpha value is -3.79. The maximum atomic E-state index is 12.6. The van der Waals surface area contributed by atoms with Crippen LogP contribution in [0.2, 0.25) is 0 Å². The summed E-state index contributed by atoms with van der Waals surface area (Å²) in [5.74, 6) is -0.518. The van der Waals surface area contributed by atoms with E-state index in [1.54, 1.807) is 51.1 Å². The highest BCUT2D eigenvalue weighted by atomic mass is 32.2. The monoisotopic (exact) mass is 486 g/mol. The van der Waals surface area contributed by atoms with E-state index in [2.05, 4.69) is 10.6 Å². The highest BCUT2D eigenvalue weighted by molar-refractivity contribution is 7.90. The summed E-state index contributed by atoms with van der Waals surface area (Å²) in [6.45, 7) is 5.22. The minimum absolute atomic E-state index is 0.0595. The molecule has 3 rings (SSSR count). The van der Waals surface area contributed by atoms with Crippen LogP contribution >= 0.6 is 0 Å². The number of hydrogen-bond acceptors (Lipinski definition) is 7. The zero-order valence-electron chi connectivity index (χ0n) is 19.2. The molecule has 0 saturated heterocycles. The lowest BCUT2D eigenvalue weighted by Crippen LogP contribution is -2.27. The van der Waals surface area contributed by atoms with E-state index in [-0.39, 0.29) is 22.2 Å². The number of sulfone groups is 1. The molecule has 0 aliphatic carbocycles. The van der Waals surface area contributed by atoms with Crippen molar-refractivity contribution in [3.63, 3.8) is 0 Å². The van der Waals surface area contributed by atoms with Gasteiger partial charge < -0.3 is 19.2 Å². The Morgan fingerprint density at radius 2 is 1.68 bits per heavy atom. The van der Waals surface area contributed by atoms with Crippen LogP contribution in [0.4, 0.5) is 16.2 Å². The van der Waals surface area contributed by atoms with E-state index in [0.29, 0.717) is 17.1 Å². The fourth-order valence-electron chi connectivity index (χ4n) is 2.97. The summed E-state index contributed by atoms with van der Waals surface area (Å²) in [4.78, 5) is 24.9. The van der Waals surface area contributed by atoms with Gasteiger partial charge in [0.25, 0.3) is 5.91 Å². The molecule has 1 aromatic heterocycles. The number of methoxy groups -OCH3 is 1. The van der Waals surface area contributed by atoms with E-state index in [1.165, 1.54) is 37.4 Å². The van der Waals surface area contributed by atoms with Crippen LogP contribution in [-0.2, 0) is 20.3 Å². The van der Waals surface area contributed by atoms with Gasteiger partial charge in [-0.05, 0) is 63.2 Å². The first kappa shape index (κ1) is 24.8. The zero-order valence-corrected chi connectivity index (χ0v) is 20.1. The van der Waals surface area contributed by atoms with Crippen molar-refractivity contribution in [1.82, 2.24) is 0 Å². The van der Waals surface area contributed by atoms with Gasteiger partial charge in [-0.2, -0.15) is 0 Å². The fourth-order valence-corrected chi connectivity index (χ4v) is 4.23. The Morgan fingerprint density at radius 3 is 2.32 bits per heavy atom. The molecule has 0 aliphatic rings. The SMILES string of the molecule is COc1ccc(NC(=O)c2ccc(CS(=O)(=O)c3ccccc3)o2)cc1NC(=O)OC(C)(C)C. The van der Waals surface area contributed by atoms with Crippen LogP contribution in [0.5, 0.6) is 5.75 Å². The molecule has 0 unspecified atom stereocenters. The molecule has 0 radical (unpaired) electrons. The maximum Gasteiger partial charge on any atom is 0.412 e. The molecule has 0 fully saturated rings. The summed E-state index contributed by atoms with van der Waals surface area (Å²) in [5.41, 5.74) is -0.0379. The van der Waals surface area contributed by atoms with E-state index in [9.17, 15) is 18.0 Å². The molecule has 2 N–H and O–H groups in total. The molecular weight excluding hydrogens is 460 g/mol. The lowest BCUT2D eigenvalue weighted by atomic mass is 10.2. The zero-order chi connectivity index (χ0) is 24.9. The second-order valence-corrected chi connectivity index (χ2v) is 10.3. The number of nitrogens with one attached hydrogen (secondary N) is 2. The Bertz CT molecular complexity index is 1280. The Morgan fingerprint density at radius 1 is 0.971 bits per heavy atom. The average Bonchev–Trinajstić information content (AvgIpc) is 3.21. The number of hydrogen-bond donors (Lipinski definition) is 2. The van der Waals surface area contributed by atoms with Crippen molar-refractivity contribution in [2.45, 2.75) is 37.0 Å². The minimum atomic E-state index is -3.61. The molecule has 3 aromatic rings. The third-order valence-corrected chi connectivity index (χ3v) is 6.07. The predicted molar refractivity (Wildman–Crippen MR) is 127 cm³/mol. The molecule has 2 amide bonds. The average molecular weight is 487 g/mol. The predicted octanol–water partition coefficient (Wildman–Crippen LogP) is 4.86. The Kier molecular flexibility index (Phi) is 7.31. The molecule has 0 aliphatic heterocycles. The molecule has 180 valence electrons. The van der Waals surface area contributed by atoms with Gasteiger partial charge in [0.2, 0.25) is 0 Å². The lowest BCUT2D eigenvalue weighted by molar-refractivity contribution is 0.0635. The first-order valence-electron chi connectivity index (χ1n) is 10.3. The number of carbonyl (C=O) groups is 2. The molecule has 9 nitrogen and oxygen atoms in total. The summed E-state index contributed by atoms with van der Waals surface area (Å²) in [7, 11) is -2.17. The number of furan rings is 1. The number of rotatable bonds is 7. The molecule has 0 saturated carbocycles. The highest BCUT2D eigenvalue weighted by Gasteiger charge is 2.20. The van der Waals surface area contributed by atoms with Gasteiger partial charge >= 0.3 is 6.09 Å². The molecular formula is C24H26N2O7S. The van der Waals surface area contributed by atoms with Gasteiger partial charge in [-0.25, -0.2) is 13.2 Å². The molecule has 0 atom stereocenters. The second kappa shape index (κ2) is 10.0. The van der Waals surface area contributed by atoms with Gasteiger partial charge in [0.15, 0.2) is 15.6 Å². The molecule has 0 spiro atoms. The highest BCUT2D eigenvalue weighted by Crippen LogP contribution is 2.29. The van der Waals surface area contributed by atoms with Crippen LogP contribution in [0.1, 0.15) is 37.1 Å². The normalized spacial score (nSPS) is 11.5. The van der Waals surface area contributed by atoms with Gasteiger partial charge in [0, 0.05) is 5.69 Å². The maximum absolute atomic E-state index is 12.6. The van der Waals surface area contributed by atoms with Crippen molar-refractivity contribution in [2.75, 3.05) is 17.7 Å². The standard InChI is InChI=1S/C24H26N2O7S/c1-24(2,3)33-23(28)26-19-14-16(10-12-20(19)31-4)25-22(27)21-13-11-17(32-21)15-34(29,30)18-8-6-5-7-9-18/h5-14H,15H2,1-4H3,(H,25,27)(H,26,28). The summed E-state index contributed by atoms with van der Waals surface area (Å²) < 4.78 is 41.0. The van der Waals surface area contributed by atoms with Gasteiger partial charge in [-0.1, -0.05) is 18.2 Å². The summed E-state index contributed by atoms with van der Waals surface area (Å²) in [5, 5.41) is 5.24. The van der Waals surface area contributed by atoms with E-state index >= 15 is 0 Å². The van der Waals surface area contributed by atoms with Gasteiger partial charge in [0.05, 0.1) is 17.7 Å². The van der Waals surface area contributed by atoms with E-state index in [4.69, 9.17) is 13.9 Å². The van der Waals surface area contributed by atoms with E-state index in [1.807, 2.05) is 0 Å². The van der Waals surface area contributed by atoms with Gasteiger partial charge in [-0.3, -0.25) is 10.1 Å². The van der Waals surface area contributed by atoms with Crippen LogP contribution < -0.4 is 15.4 Å². The second-order valence-electron chi connectivity index (χ2n) is 8.33. The Labute approximate surface area is 198 Å². The molecule has 1 heterocycles. The first-order chi connectivity index (χ1) is 16.0. The number of amides is 2. The third-order valence-electron chi connectivity index (χ3n) is 4.41. The van der Waals surface area contributed by atoms with Crippen molar-refractivity contribution in [1.29, 1.82) is 0 Å². The quantitative estimate of drug-likeness (QED) is 0.489. The van der Waals surface area contributed by atoms with Crippen LogP contribution in [0.15, 0.2) is 70.0 Å². The minimum Gasteiger partial charge on any atom is -0.495 e. The number of carbonyl (C=O) groups excluding carboxylic acids is 2. The largest absolute Gasteiger partial charge is 0.495 e. The van der Waals surface area contributed by atoms with Crippen LogP contribution in [-0.4, -0.2) is 33.1 Å². The van der Waals surface area contributed by atoms with Crippen molar-refractivity contribution < 1.29 is 31.9 Å². The molecule has 2 aromatic carbocycles. The smallest absolute Gasteiger partial charge is 0.412 e. The van der Waals surface area contributed by atoms with Gasteiger partial charge in [-0.15, -0.1) is 0 Å². The van der Waals surface area contributed by atoms with Crippen LogP contribution in [0.25, 0.3) is 0 Å². The number of anilines is 2. The third kappa shape index (κ3) is 6.61. The van der Waals surface area contributed by atoms with Crippen LogP contribution in [0.3, 0.4) is 0 Å². The number of ether oxygens (including phenoxy) is 2. The molecule has 0 bridgehead atoms. The van der Waals surface area contributed by atoms with Crippen LogP contribution in [0, 0.1) is 0 Å². The fraction of sp³-hybridized carbons (Fsp3) is 0.250. The Balaban J connectivity index is 1.71. The summed E-state index contributed by atoms with van der Waals surface area (Å²) >= 11 is 0. The van der Waals surface area contributed by atoms with E-state index < -0.39 is 27.4 Å². The van der Waals surface area contributed by atoms with Crippen molar-refractivity contribution in [2.24, 2.45) is 0 Å². The molecule has 34 heavy (non-hydrogen) atoms. The first-order valence-corrected chi connectivity index (χ1v) is 12.0. The topological polar surface area (TPSA) is 124 Å². The number of benzene rings is 2. The lowest BCUT2D eigenvalue weighted by Gasteiger charge is -2.20. The van der Waals surface area contributed by atoms with Gasteiger partial charge in [0.1, 0.15) is 22.9 Å². The van der Waals surface area contributed by atoms with Crippen molar-refractivity contribution in [3.8, 4) is 5.75 Å². The summed E-state index contributed by atoms with van der Waals surface area (Å²) in [6, 6.07) is 15.5. The van der Waals surface area contributed by atoms with E-state index in [0.717, 1.165) is 0 Å². The summed E-state index contributed by atoms with van der Waals surface area (Å²) in [6.07, 6.45) is -0.676.